The van der Waals surface area contributed by atoms with Crippen molar-refractivity contribution >= 4 is 17.7 Å². The first-order valence-electron chi connectivity index (χ1n) is 5.77. The van der Waals surface area contributed by atoms with Crippen LogP contribution in [0.5, 0.6) is 5.75 Å². The summed E-state index contributed by atoms with van der Waals surface area (Å²) in [5, 5.41) is 23.4. The average Bonchev–Trinajstić information content (AvgIpc) is 2.37. The van der Waals surface area contributed by atoms with Crippen LogP contribution in [0.25, 0.3) is 0 Å². The summed E-state index contributed by atoms with van der Waals surface area (Å²) in [5.74, 6) is -1.43. The molecule has 2 amide bonds. The lowest BCUT2D eigenvalue weighted by Gasteiger charge is -2.08. The van der Waals surface area contributed by atoms with E-state index in [0.717, 1.165) is 6.07 Å². The number of carbonyl (C=O) groups excluding carboxylic acids is 1. The van der Waals surface area contributed by atoms with Crippen LogP contribution in [-0.4, -0.2) is 28.8 Å². The quantitative estimate of drug-likeness (QED) is 0.372. The molecule has 1 aromatic rings. The summed E-state index contributed by atoms with van der Waals surface area (Å²) in [6.45, 7) is 2.37. The molecule has 0 aliphatic heterocycles. The van der Waals surface area contributed by atoms with Crippen molar-refractivity contribution in [2.75, 3.05) is 11.9 Å². The highest BCUT2D eigenvalue weighted by atomic mass is 16.4. The molecule has 4 N–H and O–H groups in total. The Kier molecular flexibility index (Phi) is 5.40. The van der Waals surface area contributed by atoms with Gasteiger partial charge in [-0.05, 0) is 31.5 Å². The number of anilines is 1. The second-order valence-electron chi connectivity index (χ2n) is 3.78. The van der Waals surface area contributed by atoms with E-state index < -0.39 is 12.0 Å². The molecule has 0 spiro atoms. The van der Waals surface area contributed by atoms with Gasteiger partial charge in [-0.1, -0.05) is 12.2 Å². The van der Waals surface area contributed by atoms with E-state index in [1.54, 1.807) is 0 Å². The van der Waals surface area contributed by atoms with Crippen molar-refractivity contribution in [3.63, 3.8) is 0 Å². The van der Waals surface area contributed by atoms with E-state index >= 15 is 0 Å². The van der Waals surface area contributed by atoms with E-state index in [1.807, 2.05) is 19.1 Å². The topological polar surface area (TPSA) is 98.7 Å². The summed E-state index contributed by atoms with van der Waals surface area (Å²) < 4.78 is 0. The van der Waals surface area contributed by atoms with E-state index in [9.17, 15) is 14.7 Å². The fraction of sp³-hybridized carbons (Fsp3) is 0.231. The second-order valence-corrected chi connectivity index (χ2v) is 3.78. The van der Waals surface area contributed by atoms with Gasteiger partial charge in [-0.3, -0.25) is 0 Å². The Labute approximate surface area is 110 Å². The van der Waals surface area contributed by atoms with Crippen LogP contribution in [0.2, 0.25) is 0 Å². The number of hydrogen-bond donors (Lipinski definition) is 4. The number of urea groups is 1. The first kappa shape index (κ1) is 14.6. The van der Waals surface area contributed by atoms with Gasteiger partial charge in [0.05, 0.1) is 11.3 Å². The van der Waals surface area contributed by atoms with Crippen LogP contribution in [0.1, 0.15) is 23.7 Å². The summed E-state index contributed by atoms with van der Waals surface area (Å²) in [7, 11) is 0. The Morgan fingerprint density at radius 2 is 2.11 bits per heavy atom. The lowest BCUT2D eigenvalue weighted by Crippen LogP contribution is -2.29. The number of carbonyl (C=O) groups is 2. The van der Waals surface area contributed by atoms with Gasteiger partial charge in [0.1, 0.15) is 5.75 Å². The number of carboxylic acids is 1. The molecular formula is C13H16N2O4. The van der Waals surface area contributed by atoms with E-state index in [-0.39, 0.29) is 17.0 Å². The standard InChI is InChI=1S/C13H16N2O4/c1-2-3-4-7-14-13(19)15-10-6-5-9(12(17)18)8-11(10)16/h2-3,5-6,8,16H,4,7H2,1H3,(H,17,18)(H2,14,15,19)/b3-2+. The smallest absolute Gasteiger partial charge is 0.335 e. The lowest BCUT2D eigenvalue weighted by molar-refractivity contribution is 0.0696. The molecule has 0 aliphatic rings. The number of benzene rings is 1. The maximum absolute atomic E-state index is 11.5. The highest BCUT2D eigenvalue weighted by Gasteiger charge is 2.09. The van der Waals surface area contributed by atoms with Gasteiger partial charge in [-0.25, -0.2) is 9.59 Å². The zero-order valence-electron chi connectivity index (χ0n) is 10.5. The molecule has 102 valence electrons. The third-order valence-electron chi connectivity index (χ3n) is 2.33. The van der Waals surface area contributed by atoms with Gasteiger partial charge in [0.25, 0.3) is 0 Å². The van der Waals surface area contributed by atoms with E-state index in [0.29, 0.717) is 13.0 Å². The highest BCUT2D eigenvalue weighted by Crippen LogP contribution is 2.24. The summed E-state index contributed by atoms with van der Waals surface area (Å²) in [4.78, 5) is 22.1. The van der Waals surface area contributed by atoms with Crippen molar-refractivity contribution in [1.29, 1.82) is 0 Å². The van der Waals surface area contributed by atoms with Crippen LogP contribution in [0.3, 0.4) is 0 Å². The van der Waals surface area contributed by atoms with Crippen LogP contribution >= 0.6 is 0 Å². The monoisotopic (exact) mass is 264 g/mol. The molecule has 0 bridgehead atoms. The summed E-state index contributed by atoms with van der Waals surface area (Å²) in [5.41, 5.74) is 0.116. The summed E-state index contributed by atoms with van der Waals surface area (Å²) in [6, 6.07) is 3.27. The Balaban J connectivity index is 2.57. The molecule has 6 heteroatoms. The zero-order valence-corrected chi connectivity index (χ0v) is 10.5. The van der Waals surface area contributed by atoms with Gasteiger partial charge in [0.15, 0.2) is 0 Å². The van der Waals surface area contributed by atoms with Crippen LogP contribution in [-0.2, 0) is 0 Å². The molecule has 0 heterocycles. The zero-order chi connectivity index (χ0) is 14.3. The van der Waals surface area contributed by atoms with Gasteiger partial charge < -0.3 is 20.8 Å². The first-order valence-corrected chi connectivity index (χ1v) is 5.77. The number of rotatable bonds is 5. The fourth-order valence-electron chi connectivity index (χ4n) is 1.37. The van der Waals surface area contributed by atoms with Crippen LogP contribution in [0.15, 0.2) is 30.4 Å². The molecule has 6 nitrogen and oxygen atoms in total. The molecular weight excluding hydrogens is 248 g/mol. The number of hydrogen-bond acceptors (Lipinski definition) is 3. The van der Waals surface area contributed by atoms with Crippen molar-refractivity contribution in [3.8, 4) is 5.75 Å². The Bertz CT molecular complexity index is 497. The molecule has 0 atom stereocenters. The SMILES string of the molecule is C/C=C/CCNC(=O)Nc1ccc(C(=O)O)cc1O. The average molecular weight is 264 g/mol. The van der Waals surface area contributed by atoms with E-state index in [4.69, 9.17) is 5.11 Å². The van der Waals surface area contributed by atoms with Gasteiger partial charge in [-0.2, -0.15) is 0 Å². The van der Waals surface area contributed by atoms with Gasteiger partial charge in [-0.15, -0.1) is 0 Å². The molecule has 0 unspecified atom stereocenters. The maximum Gasteiger partial charge on any atom is 0.335 e. The highest BCUT2D eigenvalue weighted by molar-refractivity contribution is 5.93. The maximum atomic E-state index is 11.5. The van der Waals surface area contributed by atoms with Crippen molar-refractivity contribution < 1.29 is 19.8 Å². The molecule has 1 aromatic carbocycles. The largest absolute Gasteiger partial charge is 0.506 e. The number of carboxylic acid groups (broad SMARTS) is 1. The van der Waals surface area contributed by atoms with Crippen molar-refractivity contribution in [2.24, 2.45) is 0 Å². The number of phenolic OH excluding ortho intramolecular Hbond substituents is 1. The number of aromatic carboxylic acids is 1. The molecule has 0 fully saturated rings. The Hall–Kier alpha value is -2.50. The third kappa shape index (κ3) is 4.71. The van der Waals surface area contributed by atoms with Crippen LogP contribution in [0, 0.1) is 0 Å². The molecule has 0 aromatic heterocycles. The second kappa shape index (κ2) is 7.05. The molecule has 0 saturated carbocycles. The number of nitrogens with one attached hydrogen (secondary N) is 2. The minimum atomic E-state index is -1.14. The number of aromatic hydroxyl groups is 1. The van der Waals surface area contributed by atoms with Crippen LogP contribution < -0.4 is 10.6 Å². The third-order valence-corrected chi connectivity index (χ3v) is 2.33. The number of allylic oxidation sites excluding steroid dienone is 1. The minimum absolute atomic E-state index is 0.0449. The van der Waals surface area contributed by atoms with E-state index in [2.05, 4.69) is 10.6 Å². The fourth-order valence-corrected chi connectivity index (χ4v) is 1.37. The molecule has 19 heavy (non-hydrogen) atoms. The predicted molar refractivity (Wildman–Crippen MR) is 71.5 cm³/mol. The number of phenols is 1. The Morgan fingerprint density at radius 1 is 1.37 bits per heavy atom. The normalized spacial score (nSPS) is 10.4. The van der Waals surface area contributed by atoms with Crippen LogP contribution in [0.4, 0.5) is 10.5 Å². The molecule has 0 saturated heterocycles. The molecule has 0 radical (unpaired) electrons. The van der Waals surface area contributed by atoms with Crippen molar-refractivity contribution in [2.45, 2.75) is 13.3 Å². The Morgan fingerprint density at radius 3 is 2.68 bits per heavy atom. The van der Waals surface area contributed by atoms with Gasteiger partial charge in [0.2, 0.25) is 0 Å². The lowest BCUT2D eigenvalue weighted by atomic mass is 10.2. The predicted octanol–water partition coefficient (Wildman–Crippen LogP) is 2.18. The van der Waals surface area contributed by atoms with E-state index in [1.165, 1.54) is 12.1 Å². The first-order chi connectivity index (χ1) is 9.04. The number of amides is 2. The summed E-state index contributed by atoms with van der Waals surface area (Å²) in [6.07, 6.45) is 4.52. The van der Waals surface area contributed by atoms with Gasteiger partial charge >= 0.3 is 12.0 Å². The van der Waals surface area contributed by atoms with Gasteiger partial charge in [0, 0.05) is 6.54 Å². The van der Waals surface area contributed by atoms with Crippen molar-refractivity contribution in [3.05, 3.63) is 35.9 Å². The summed E-state index contributed by atoms with van der Waals surface area (Å²) >= 11 is 0. The minimum Gasteiger partial charge on any atom is -0.506 e. The van der Waals surface area contributed by atoms with Crippen molar-refractivity contribution in [1.82, 2.24) is 5.32 Å². The molecule has 1 rings (SSSR count). The molecule has 0 aliphatic carbocycles.